The summed E-state index contributed by atoms with van der Waals surface area (Å²) in [6.07, 6.45) is -2.30. The Morgan fingerprint density at radius 3 is 1.20 bits per heavy atom. The molecule has 0 aliphatic rings. The first-order chi connectivity index (χ1) is 3.55. The second kappa shape index (κ2) is 8.00. The smallest absolute Gasteiger partial charge is 0.344 e. The van der Waals surface area contributed by atoms with Gasteiger partial charge in [-0.1, -0.05) is 0 Å². The molecule has 0 saturated heterocycles. The van der Waals surface area contributed by atoms with Gasteiger partial charge in [-0.05, 0) is 0 Å². The van der Waals surface area contributed by atoms with Crippen molar-refractivity contribution in [3.63, 3.8) is 0 Å². The zero-order valence-corrected chi connectivity index (χ0v) is 9.74. The van der Waals surface area contributed by atoms with Crippen LogP contribution < -0.4 is 0 Å². The number of aliphatic carboxylic acids is 2. The van der Waals surface area contributed by atoms with E-state index in [1.54, 1.807) is 0 Å². The van der Waals surface area contributed by atoms with Crippen LogP contribution in [0.5, 0.6) is 0 Å². The molecule has 0 saturated carbocycles. The van der Waals surface area contributed by atoms with E-state index in [0.29, 0.717) is 0 Å². The molecule has 0 spiro atoms. The van der Waals surface area contributed by atoms with Gasteiger partial charge in [0.25, 0.3) is 0 Å². The number of carboxylic acids is 2. The Morgan fingerprint density at radius 2 is 1.20 bits per heavy atom. The van der Waals surface area contributed by atoms with Gasteiger partial charge in [-0.3, -0.25) is 0 Å². The van der Waals surface area contributed by atoms with E-state index >= 15 is 0 Å². The van der Waals surface area contributed by atoms with E-state index < -0.39 is 18.0 Å². The van der Waals surface area contributed by atoms with Crippen molar-refractivity contribution < 1.29 is 24.9 Å². The minimum Gasteiger partial charge on any atom is -0.479 e. The Morgan fingerprint density at radius 1 is 1.00 bits per heavy atom. The van der Waals surface area contributed by atoms with Crippen LogP contribution in [0.25, 0.3) is 0 Å². The predicted octanol–water partition coefficient (Wildman–Crippen LogP) is -2.25. The van der Waals surface area contributed by atoms with Gasteiger partial charge in [0.2, 0.25) is 6.10 Å². The molecule has 0 aliphatic heterocycles. The average molecular weight is 166 g/mol. The quantitative estimate of drug-likeness (QED) is 0.318. The Hall–Kier alpha value is 0.900. The zero-order valence-electron chi connectivity index (χ0n) is 5.74. The molecule has 0 aliphatic carbocycles. The minimum absolute atomic E-state index is 0. The minimum atomic E-state index is -2.30. The molecule has 3 N–H and O–H groups in total. The molecule has 0 aromatic heterocycles. The van der Waals surface area contributed by atoms with Crippen LogP contribution in [0.2, 0.25) is 0 Å². The maximum Gasteiger partial charge on any atom is 0.344 e. The Labute approximate surface area is 101 Å². The van der Waals surface area contributed by atoms with E-state index in [1.165, 1.54) is 0 Å². The SMILES string of the molecule is O=C(O)C(O)C(=O)O.[Na].[Na]. The van der Waals surface area contributed by atoms with Gasteiger partial charge in [0.05, 0.1) is 0 Å². The van der Waals surface area contributed by atoms with E-state index in [-0.39, 0.29) is 59.1 Å². The van der Waals surface area contributed by atoms with Gasteiger partial charge in [0.1, 0.15) is 0 Å². The van der Waals surface area contributed by atoms with Gasteiger partial charge in [-0.2, -0.15) is 0 Å². The topological polar surface area (TPSA) is 94.8 Å². The van der Waals surface area contributed by atoms with Crippen molar-refractivity contribution in [2.24, 2.45) is 0 Å². The summed E-state index contributed by atoms with van der Waals surface area (Å²) in [5.74, 6) is -3.50. The van der Waals surface area contributed by atoms with Crippen LogP contribution in [0.3, 0.4) is 0 Å². The van der Waals surface area contributed by atoms with Crippen LogP contribution in [0.15, 0.2) is 0 Å². The second-order valence-electron chi connectivity index (χ2n) is 1.08. The van der Waals surface area contributed by atoms with Crippen molar-refractivity contribution in [3.8, 4) is 0 Å². The molecule has 0 rings (SSSR count). The van der Waals surface area contributed by atoms with Crippen LogP contribution in [0.4, 0.5) is 0 Å². The molecule has 0 aromatic carbocycles. The molecule has 0 unspecified atom stereocenters. The van der Waals surface area contributed by atoms with E-state index in [0.717, 1.165) is 0 Å². The molecule has 5 nitrogen and oxygen atoms in total. The summed E-state index contributed by atoms with van der Waals surface area (Å²) in [7, 11) is 0. The van der Waals surface area contributed by atoms with Crippen LogP contribution in [0, 0.1) is 0 Å². The molecule has 48 valence electrons. The van der Waals surface area contributed by atoms with Crippen molar-refractivity contribution in [3.05, 3.63) is 0 Å². The molecular formula is C3H4Na2O5. The number of carboxylic acid groups (broad SMARTS) is 2. The van der Waals surface area contributed by atoms with Gasteiger partial charge in [0.15, 0.2) is 0 Å². The molecule has 0 atom stereocenters. The summed E-state index contributed by atoms with van der Waals surface area (Å²) < 4.78 is 0. The molecule has 0 aromatic rings. The third-order valence-corrected chi connectivity index (χ3v) is 0.468. The first kappa shape index (κ1) is 17.1. The van der Waals surface area contributed by atoms with Crippen LogP contribution in [0.1, 0.15) is 0 Å². The van der Waals surface area contributed by atoms with Crippen LogP contribution in [-0.4, -0.2) is 92.5 Å². The molecule has 0 amide bonds. The van der Waals surface area contributed by atoms with Crippen molar-refractivity contribution in [2.45, 2.75) is 6.10 Å². The van der Waals surface area contributed by atoms with Crippen LogP contribution >= 0.6 is 0 Å². The summed E-state index contributed by atoms with van der Waals surface area (Å²) in [5, 5.41) is 23.4. The summed E-state index contributed by atoms with van der Waals surface area (Å²) in [6.45, 7) is 0. The first-order valence-electron chi connectivity index (χ1n) is 1.69. The van der Waals surface area contributed by atoms with Crippen molar-refractivity contribution in [1.82, 2.24) is 0 Å². The molecule has 0 fully saturated rings. The Kier molecular flexibility index (Phi) is 13.7. The normalized spacial score (nSPS) is 7.40. The zero-order chi connectivity index (χ0) is 6.73. The standard InChI is InChI=1S/C3H4O5.2Na/c4-1(2(5)6)3(7)8;;/h1,4H,(H,5,6)(H,7,8);;. The van der Waals surface area contributed by atoms with E-state index in [9.17, 15) is 9.59 Å². The largest absolute Gasteiger partial charge is 0.479 e. The van der Waals surface area contributed by atoms with E-state index in [2.05, 4.69) is 0 Å². The maximum absolute atomic E-state index is 9.51. The average Bonchev–Trinajstić information content (AvgIpc) is 1.64. The van der Waals surface area contributed by atoms with Gasteiger partial charge < -0.3 is 15.3 Å². The molecule has 7 heteroatoms. The third kappa shape index (κ3) is 7.01. The fraction of sp³-hybridized carbons (Fsp3) is 0.333. The summed E-state index contributed by atoms with van der Waals surface area (Å²) in [4.78, 5) is 19.0. The second-order valence-corrected chi connectivity index (χ2v) is 1.08. The molecular weight excluding hydrogens is 162 g/mol. The first-order valence-corrected chi connectivity index (χ1v) is 1.69. The van der Waals surface area contributed by atoms with Gasteiger partial charge in [-0.25, -0.2) is 9.59 Å². The van der Waals surface area contributed by atoms with Crippen molar-refractivity contribution >= 4 is 71.1 Å². The number of hydrogen-bond acceptors (Lipinski definition) is 3. The summed E-state index contributed by atoms with van der Waals surface area (Å²) in [6, 6.07) is 0. The fourth-order valence-electron chi connectivity index (χ4n) is 0.106. The number of hydrogen-bond donors (Lipinski definition) is 3. The Bertz CT molecular complexity index is 110. The van der Waals surface area contributed by atoms with E-state index in [1.807, 2.05) is 0 Å². The van der Waals surface area contributed by atoms with Crippen LogP contribution in [-0.2, 0) is 9.59 Å². The molecule has 10 heavy (non-hydrogen) atoms. The molecule has 0 heterocycles. The van der Waals surface area contributed by atoms with Crippen molar-refractivity contribution in [1.29, 1.82) is 0 Å². The predicted molar refractivity (Wildman–Crippen MR) is 32.8 cm³/mol. The number of aliphatic hydroxyl groups is 1. The van der Waals surface area contributed by atoms with Gasteiger partial charge in [-0.15, -0.1) is 0 Å². The van der Waals surface area contributed by atoms with Crippen molar-refractivity contribution in [2.75, 3.05) is 0 Å². The number of aliphatic hydroxyl groups excluding tert-OH is 1. The molecule has 0 bridgehead atoms. The third-order valence-electron chi connectivity index (χ3n) is 0.468. The maximum atomic E-state index is 9.51. The van der Waals surface area contributed by atoms with E-state index in [4.69, 9.17) is 15.3 Å². The summed E-state index contributed by atoms with van der Waals surface area (Å²) >= 11 is 0. The van der Waals surface area contributed by atoms with Gasteiger partial charge >= 0.3 is 11.9 Å². The fourth-order valence-corrected chi connectivity index (χ4v) is 0.106. The van der Waals surface area contributed by atoms with Gasteiger partial charge in [0, 0.05) is 59.1 Å². The number of carbonyl (C=O) groups is 2. The monoisotopic (exact) mass is 166 g/mol. The molecule has 2 radical (unpaired) electrons. The Balaban J connectivity index is -0.000000245. The summed E-state index contributed by atoms with van der Waals surface area (Å²) in [5.41, 5.74) is 0. The number of rotatable bonds is 2.